The molecule has 1 amide bonds. The molecule has 0 heterocycles. The summed E-state index contributed by atoms with van der Waals surface area (Å²) < 4.78 is 0. The van der Waals surface area contributed by atoms with Crippen molar-refractivity contribution in [2.45, 2.75) is 32.9 Å². The number of benzene rings is 1. The molecular formula is C14H22N2O2. The van der Waals surface area contributed by atoms with Crippen LogP contribution in [0.2, 0.25) is 0 Å². The summed E-state index contributed by atoms with van der Waals surface area (Å²) in [6.45, 7) is 4.55. The van der Waals surface area contributed by atoms with Gasteiger partial charge in [0.25, 0.3) is 0 Å². The number of rotatable bonds is 5. The molecule has 3 N–H and O–H groups in total. The van der Waals surface area contributed by atoms with Crippen LogP contribution in [0.5, 0.6) is 5.75 Å². The highest BCUT2D eigenvalue weighted by molar-refractivity contribution is 5.81. The van der Waals surface area contributed by atoms with Gasteiger partial charge in [-0.3, -0.25) is 4.79 Å². The van der Waals surface area contributed by atoms with Crippen molar-refractivity contribution in [3.63, 3.8) is 0 Å². The predicted molar refractivity (Wildman–Crippen MR) is 72.0 cm³/mol. The maximum absolute atomic E-state index is 12.0. The first-order chi connectivity index (χ1) is 8.40. The molecule has 4 nitrogen and oxygen atoms in total. The van der Waals surface area contributed by atoms with E-state index in [-0.39, 0.29) is 11.7 Å². The fraction of sp³-hybridized carbons (Fsp3) is 0.500. The third-order valence-electron chi connectivity index (χ3n) is 2.75. The Morgan fingerprint density at radius 2 is 2.11 bits per heavy atom. The highest BCUT2D eigenvalue weighted by Crippen LogP contribution is 2.13. The number of aromatic hydroxyl groups is 1. The average Bonchev–Trinajstić information content (AvgIpc) is 2.27. The Morgan fingerprint density at radius 1 is 1.44 bits per heavy atom. The number of carbonyl (C=O) groups is 1. The van der Waals surface area contributed by atoms with Crippen LogP contribution in [0.4, 0.5) is 0 Å². The number of phenolic OH excluding ortho intramolecular Hbond substituents is 1. The SMILES string of the molecule is CC(C)C[C@H](N)C(=O)N(C)Cc1cccc(O)c1. The quantitative estimate of drug-likeness (QED) is 0.836. The van der Waals surface area contributed by atoms with Crippen LogP contribution in [-0.2, 0) is 11.3 Å². The van der Waals surface area contributed by atoms with E-state index in [2.05, 4.69) is 0 Å². The summed E-state index contributed by atoms with van der Waals surface area (Å²) in [6.07, 6.45) is 0.684. The zero-order valence-corrected chi connectivity index (χ0v) is 11.3. The van der Waals surface area contributed by atoms with Crippen molar-refractivity contribution in [3.05, 3.63) is 29.8 Å². The van der Waals surface area contributed by atoms with Gasteiger partial charge < -0.3 is 15.7 Å². The highest BCUT2D eigenvalue weighted by Gasteiger charge is 2.19. The molecule has 0 bridgehead atoms. The van der Waals surface area contributed by atoms with Gasteiger partial charge in [0.1, 0.15) is 5.75 Å². The number of nitrogens with zero attached hydrogens (tertiary/aromatic N) is 1. The smallest absolute Gasteiger partial charge is 0.239 e. The summed E-state index contributed by atoms with van der Waals surface area (Å²) >= 11 is 0. The number of nitrogens with two attached hydrogens (primary N) is 1. The van der Waals surface area contributed by atoms with Crippen molar-refractivity contribution in [2.75, 3.05) is 7.05 Å². The van der Waals surface area contributed by atoms with Crippen LogP contribution in [0.3, 0.4) is 0 Å². The van der Waals surface area contributed by atoms with Crippen LogP contribution in [0.15, 0.2) is 24.3 Å². The molecule has 0 fully saturated rings. The molecule has 0 radical (unpaired) electrons. The molecule has 100 valence electrons. The standard InChI is InChI=1S/C14H22N2O2/c1-10(2)7-13(15)14(18)16(3)9-11-5-4-6-12(17)8-11/h4-6,8,10,13,17H,7,9,15H2,1-3H3/t13-/m0/s1. The van der Waals surface area contributed by atoms with Gasteiger partial charge in [-0.25, -0.2) is 0 Å². The number of hydrogen-bond donors (Lipinski definition) is 2. The van der Waals surface area contributed by atoms with Crippen molar-refractivity contribution in [1.82, 2.24) is 4.90 Å². The van der Waals surface area contributed by atoms with E-state index >= 15 is 0 Å². The van der Waals surface area contributed by atoms with Crippen molar-refractivity contribution >= 4 is 5.91 Å². The van der Waals surface area contributed by atoms with E-state index in [1.54, 1.807) is 30.1 Å². The minimum absolute atomic E-state index is 0.0629. The van der Waals surface area contributed by atoms with E-state index in [0.717, 1.165) is 5.56 Å². The van der Waals surface area contributed by atoms with Gasteiger partial charge in [-0.1, -0.05) is 26.0 Å². The summed E-state index contributed by atoms with van der Waals surface area (Å²) in [5.74, 6) is 0.546. The summed E-state index contributed by atoms with van der Waals surface area (Å²) in [7, 11) is 1.73. The minimum atomic E-state index is -0.452. The lowest BCUT2D eigenvalue weighted by Gasteiger charge is -2.22. The molecule has 0 aliphatic heterocycles. The molecule has 1 rings (SSSR count). The zero-order chi connectivity index (χ0) is 13.7. The third kappa shape index (κ3) is 4.37. The maximum atomic E-state index is 12.0. The van der Waals surface area contributed by atoms with Gasteiger partial charge >= 0.3 is 0 Å². The van der Waals surface area contributed by atoms with Crippen molar-refractivity contribution in [1.29, 1.82) is 0 Å². The number of phenols is 1. The minimum Gasteiger partial charge on any atom is -0.508 e. The molecule has 18 heavy (non-hydrogen) atoms. The molecule has 1 aromatic carbocycles. The van der Waals surface area contributed by atoms with Crippen LogP contribution in [-0.4, -0.2) is 29.0 Å². The Balaban J connectivity index is 2.59. The normalized spacial score (nSPS) is 12.5. The van der Waals surface area contributed by atoms with E-state index in [0.29, 0.717) is 18.9 Å². The fourth-order valence-electron chi connectivity index (χ4n) is 1.90. The third-order valence-corrected chi connectivity index (χ3v) is 2.75. The molecule has 1 atom stereocenters. The zero-order valence-electron chi connectivity index (χ0n) is 11.3. The molecule has 0 unspecified atom stereocenters. The van der Waals surface area contributed by atoms with Crippen molar-refractivity contribution in [3.8, 4) is 5.75 Å². The Bertz CT molecular complexity index is 405. The van der Waals surface area contributed by atoms with Gasteiger partial charge in [0.15, 0.2) is 0 Å². The van der Waals surface area contributed by atoms with E-state index in [1.807, 2.05) is 19.9 Å². The molecule has 0 aliphatic carbocycles. The van der Waals surface area contributed by atoms with Gasteiger partial charge in [0.05, 0.1) is 6.04 Å². The topological polar surface area (TPSA) is 66.6 Å². The van der Waals surface area contributed by atoms with Crippen LogP contribution in [0.1, 0.15) is 25.8 Å². The highest BCUT2D eigenvalue weighted by atomic mass is 16.3. The molecule has 0 saturated carbocycles. The second-order valence-corrected chi connectivity index (χ2v) is 5.10. The number of hydrogen-bond acceptors (Lipinski definition) is 3. The van der Waals surface area contributed by atoms with E-state index in [1.165, 1.54) is 0 Å². The van der Waals surface area contributed by atoms with Crippen LogP contribution >= 0.6 is 0 Å². The average molecular weight is 250 g/mol. The molecule has 0 saturated heterocycles. The second kappa shape index (κ2) is 6.40. The van der Waals surface area contributed by atoms with E-state index < -0.39 is 6.04 Å². The molecular weight excluding hydrogens is 228 g/mol. The van der Waals surface area contributed by atoms with Gasteiger partial charge in [0, 0.05) is 13.6 Å². The van der Waals surface area contributed by atoms with Crippen LogP contribution < -0.4 is 5.73 Å². The predicted octanol–water partition coefficient (Wildman–Crippen LogP) is 1.72. The first-order valence-corrected chi connectivity index (χ1v) is 6.18. The Hall–Kier alpha value is -1.55. The van der Waals surface area contributed by atoms with E-state index in [9.17, 15) is 9.90 Å². The van der Waals surface area contributed by atoms with Gasteiger partial charge in [-0.15, -0.1) is 0 Å². The molecule has 1 aromatic rings. The Labute approximate surface area is 108 Å². The number of amides is 1. The van der Waals surface area contributed by atoms with Crippen LogP contribution in [0.25, 0.3) is 0 Å². The lowest BCUT2D eigenvalue weighted by Crippen LogP contribution is -2.42. The van der Waals surface area contributed by atoms with E-state index in [4.69, 9.17) is 5.73 Å². The van der Waals surface area contributed by atoms with Crippen molar-refractivity contribution < 1.29 is 9.90 Å². The second-order valence-electron chi connectivity index (χ2n) is 5.10. The van der Waals surface area contributed by atoms with Crippen LogP contribution in [0, 0.1) is 5.92 Å². The summed E-state index contributed by atoms with van der Waals surface area (Å²) in [5.41, 5.74) is 6.75. The van der Waals surface area contributed by atoms with Gasteiger partial charge in [-0.2, -0.15) is 0 Å². The lowest BCUT2D eigenvalue weighted by atomic mass is 10.0. The number of carbonyl (C=O) groups excluding carboxylic acids is 1. The first kappa shape index (κ1) is 14.5. The first-order valence-electron chi connectivity index (χ1n) is 6.18. The molecule has 0 aromatic heterocycles. The molecule has 0 spiro atoms. The van der Waals surface area contributed by atoms with Crippen molar-refractivity contribution in [2.24, 2.45) is 11.7 Å². The lowest BCUT2D eigenvalue weighted by molar-refractivity contribution is -0.132. The van der Waals surface area contributed by atoms with Gasteiger partial charge in [0.2, 0.25) is 5.91 Å². The fourth-order valence-corrected chi connectivity index (χ4v) is 1.90. The molecule has 4 heteroatoms. The Kier molecular flexibility index (Phi) is 5.16. The summed E-state index contributed by atoms with van der Waals surface area (Å²) in [4.78, 5) is 13.6. The largest absolute Gasteiger partial charge is 0.508 e. The number of likely N-dealkylation sites (N-methyl/N-ethyl adjacent to an activating group) is 1. The Morgan fingerprint density at radius 3 is 2.67 bits per heavy atom. The summed E-state index contributed by atoms with van der Waals surface area (Å²) in [5, 5.41) is 9.36. The molecule has 0 aliphatic rings. The van der Waals surface area contributed by atoms with Gasteiger partial charge in [-0.05, 0) is 30.0 Å². The maximum Gasteiger partial charge on any atom is 0.239 e. The summed E-state index contributed by atoms with van der Waals surface area (Å²) in [6, 6.07) is 6.44. The monoisotopic (exact) mass is 250 g/mol.